The van der Waals surface area contributed by atoms with Gasteiger partial charge in [0.2, 0.25) is 5.91 Å². The molecule has 138 valence electrons. The molecule has 0 unspecified atom stereocenters. The number of nitrogens with zero attached hydrogens (tertiary/aromatic N) is 1. The van der Waals surface area contributed by atoms with Gasteiger partial charge in [-0.05, 0) is 47.2 Å². The molecule has 4 N–H and O–H groups in total. The molecule has 4 nitrogen and oxygen atoms in total. The standard InChI is InChI=1S/C23H25N3O/c1-15(2)11-19-12-18(17-9-7-16(14-24)8-10-17)13-22(26-19)20-5-3-4-6-21(20)23(25)27/h3-10,12-13,15H,11,14,24H2,1-2H3,(H2,25,27). The number of pyridine rings is 1. The van der Waals surface area contributed by atoms with Crippen molar-refractivity contribution in [2.24, 2.45) is 17.4 Å². The molecule has 27 heavy (non-hydrogen) atoms. The summed E-state index contributed by atoms with van der Waals surface area (Å²) < 4.78 is 0. The van der Waals surface area contributed by atoms with Crippen LogP contribution < -0.4 is 11.5 Å². The lowest BCUT2D eigenvalue weighted by Gasteiger charge is -2.13. The van der Waals surface area contributed by atoms with Crippen LogP contribution in [0.3, 0.4) is 0 Å². The largest absolute Gasteiger partial charge is 0.366 e. The predicted octanol–water partition coefficient (Wildman–Crippen LogP) is 4.17. The zero-order chi connectivity index (χ0) is 19.4. The Bertz CT molecular complexity index is 946. The van der Waals surface area contributed by atoms with E-state index in [1.807, 2.05) is 36.4 Å². The monoisotopic (exact) mass is 359 g/mol. The lowest BCUT2D eigenvalue weighted by molar-refractivity contribution is 0.100. The van der Waals surface area contributed by atoms with E-state index in [1.54, 1.807) is 6.07 Å². The fourth-order valence-electron chi connectivity index (χ4n) is 3.17. The number of hydrogen-bond acceptors (Lipinski definition) is 3. The molecular weight excluding hydrogens is 334 g/mol. The van der Waals surface area contributed by atoms with Crippen molar-refractivity contribution in [1.29, 1.82) is 0 Å². The van der Waals surface area contributed by atoms with Crippen LogP contribution in [0.25, 0.3) is 22.4 Å². The molecule has 1 amide bonds. The molecule has 3 rings (SSSR count). The summed E-state index contributed by atoms with van der Waals surface area (Å²) in [6.45, 7) is 4.86. The number of nitrogens with two attached hydrogens (primary N) is 2. The Labute approximate surface area is 160 Å². The number of rotatable bonds is 6. The lowest BCUT2D eigenvalue weighted by atomic mass is 9.97. The quantitative estimate of drug-likeness (QED) is 0.693. The Morgan fingerprint density at radius 2 is 1.70 bits per heavy atom. The van der Waals surface area contributed by atoms with Crippen LogP contribution >= 0.6 is 0 Å². The normalized spacial score (nSPS) is 11.0. The molecule has 4 heteroatoms. The molecule has 0 aliphatic heterocycles. The van der Waals surface area contributed by atoms with Crippen molar-refractivity contribution >= 4 is 5.91 Å². The van der Waals surface area contributed by atoms with Gasteiger partial charge in [0.25, 0.3) is 0 Å². The maximum Gasteiger partial charge on any atom is 0.249 e. The molecule has 0 fully saturated rings. The van der Waals surface area contributed by atoms with Gasteiger partial charge in [0.05, 0.1) is 5.69 Å². The molecule has 0 saturated carbocycles. The van der Waals surface area contributed by atoms with Gasteiger partial charge in [-0.25, -0.2) is 0 Å². The Balaban J connectivity index is 2.15. The Kier molecular flexibility index (Phi) is 5.67. The Morgan fingerprint density at radius 1 is 1.00 bits per heavy atom. The van der Waals surface area contributed by atoms with E-state index in [2.05, 4.69) is 32.0 Å². The third-order valence-corrected chi connectivity index (χ3v) is 4.49. The molecule has 0 spiro atoms. The van der Waals surface area contributed by atoms with Crippen LogP contribution in [-0.2, 0) is 13.0 Å². The summed E-state index contributed by atoms with van der Waals surface area (Å²) in [6.07, 6.45) is 0.862. The average Bonchev–Trinajstić information content (AvgIpc) is 2.67. The van der Waals surface area contributed by atoms with Gasteiger partial charge in [0, 0.05) is 23.4 Å². The molecule has 3 aromatic rings. The second-order valence-corrected chi connectivity index (χ2v) is 7.14. The van der Waals surface area contributed by atoms with Crippen LogP contribution in [0, 0.1) is 5.92 Å². The smallest absolute Gasteiger partial charge is 0.249 e. The van der Waals surface area contributed by atoms with E-state index in [0.717, 1.165) is 40.1 Å². The summed E-state index contributed by atoms with van der Waals surface area (Å²) in [7, 11) is 0. The zero-order valence-corrected chi connectivity index (χ0v) is 15.8. The van der Waals surface area contributed by atoms with Crippen molar-refractivity contribution in [2.75, 3.05) is 0 Å². The summed E-state index contributed by atoms with van der Waals surface area (Å²) in [5.41, 5.74) is 17.5. The third-order valence-electron chi connectivity index (χ3n) is 4.49. The van der Waals surface area contributed by atoms with Crippen LogP contribution in [0.15, 0.2) is 60.7 Å². The first-order valence-corrected chi connectivity index (χ1v) is 9.17. The molecule has 0 radical (unpaired) electrons. The molecule has 2 aromatic carbocycles. The number of carbonyl (C=O) groups is 1. The maximum atomic E-state index is 11.9. The third kappa shape index (κ3) is 4.41. The molecule has 0 bridgehead atoms. The fraction of sp³-hybridized carbons (Fsp3) is 0.217. The van der Waals surface area contributed by atoms with Gasteiger partial charge in [-0.3, -0.25) is 9.78 Å². The van der Waals surface area contributed by atoms with Crippen molar-refractivity contribution in [3.8, 4) is 22.4 Å². The maximum absolute atomic E-state index is 11.9. The number of carbonyl (C=O) groups excluding carboxylic acids is 1. The van der Waals surface area contributed by atoms with E-state index in [0.29, 0.717) is 18.0 Å². The second-order valence-electron chi connectivity index (χ2n) is 7.14. The number of amides is 1. The van der Waals surface area contributed by atoms with Gasteiger partial charge < -0.3 is 11.5 Å². The van der Waals surface area contributed by atoms with Crippen LogP contribution in [0.1, 0.15) is 35.5 Å². The van der Waals surface area contributed by atoms with Gasteiger partial charge in [-0.1, -0.05) is 56.3 Å². The van der Waals surface area contributed by atoms with E-state index >= 15 is 0 Å². The summed E-state index contributed by atoms with van der Waals surface area (Å²) in [4.78, 5) is 16.7. The van der Waals surface area contributed by atoms with Crippen molar-refractivity contribution in [3.05, 3.63) is 77.5 Å². The summed E-state index contributed by atoms with van der Waals surface area (Å²) >= 11 is 0. The fourth-order valence-corrected chi connectivity index (χ4v) is 3.17. The van der Waals surface area contributed by atoms with Crippen LogP contribution in [0.4, 0.5) is 0 Å². The highest BCUT2D eigenvalue weighted by molar-refractivity contribution is 5.99. The minimum Gasteiger partial charge on any atom is -0.366 e. The van der Waals surface area contributed by atoms with Gasteiger partial charge in [-0.15, -0.1) is 0 Å². The summed E-state index contributed by atoms with van der Waals surface area (Å²) in [5, 5.41) is 0. The minimum atomic E-state index is -0.449. The van der Waals surface area contributed by atoms with Gasteiger partial charge >= 0.3 is 0 Å². The highest BCUT2D eigenvalue weighted by Crippen LogP contribution is 2.29. The molecular formula is C23H25N3O. The van der Waals surface area contributed by atoms with Crippen LogP contribution in [-0.4, -0.2) is 10.9 Å². The van der Waals surface area contributed by atoms with Crippen LogP contribution in [0.5, 0.6) is 0 Å². The van der Waals surface area contributed by atoms with E-state index in [4.69, 9.17) is 16.5 Å². The molecule has 0 atom stereocenters. The molecule has 1 heterocycles. The number of primary amides is 1. The van der Waals surface area contributed by atoms with E-state index in [1.165, 1.54) is 0 Å². The van der Waals surface area contributed by atoms with Crippen molar-refractivity contribution < 1.29 is 4.79 Å². The highest BCUT2D eigenvalue weighted by atomic mass is 16.1. The van der Waals surface area contributed by atoms with E-state index in [-0.39, 0.29) is 0 Å². The summed E-state index contributed by atoms with van der Waals surface area (Å²) in [6, 6.07) is 19.7. The first kappa shape index (κ1) is 18.8. The van der Waals surface area contributed by atoms with E-state index in [9.17, 15) is 4.79 Å². The number of aromatic nitrogens is 1. The average molecular weight is 359 g/mol. The van der Waals surface area contributed by atoms with Crippen molar-refractivity contribution in [2.45, 2.75) is 26.8 Å². The molecule has 0 saturated heterocycles. The molecule has 0 aliphatic carbocycles. The molecule has 0 aliphatic rings. The SMILES string of the molecule is CC(C)Cc1cc(-c2ccc(CN)cc2)cc(-c2ccccc2C(N)=O)n1. The van der Waals surface area contributed by atoms with Gasteiger partial charge in [0.15, 0.2) is 0 Å². The van der Waals surface area contributed by atoms with Crippen molar-refractivity contribution in [1.82, 2.24) is 4.98 Å². The topological polar surface area (TPSA) is 82.0 Å². The Hall–Kier alpha value is -2.98. The number of hydrogen-bond donors (Lipinski definition) is 2. The Morgan fingerprint density at radius 3 is 2.33 bits per heavy atom. The van der Waals surface area contributed by atoms with Gasteiger partial charge in [0.1, 0.15) is 0 Å². The molecule has 1 aromatic heterocycles. The predicted molar refractivity (Wildman–Crippen MR) is 110 cm³/mol. The van der Waals surface area contributed by atoms with Crippen LogP contribution in [0.2, 0.25) is 0 Å². The highest BCUT2D eigenvalue weighted by Gasteiger charge is 2.13. The van der Waals surface area contributed by atoms with E-state index < -0.39 is 5.91 Å². The lowest BCUT2D eigenvalue weighted by Crippen LogP contribution is -2.12. The second kappa shape index (κ2) is 8.14. The number of benzene rings is 2. The minimum absolute atomic E-state index is 0.449. The first-order chi connectivity index (χ1) is 13.0. The first-order valence-electron chi connectivity index (χ1n) is 9.17. The summed E-state index contributed by atoms with van der Waals surface area (Å²) in [5.74, 6) is 0.0297. The van der Waals surface area contributed by atoms with Crippen molar-refractivity contribution in [3.63, 3.8) is 0 Å². The zero-order valence-electron chi connectivity index (χ0n) is 15.8. The van der Waals surface area contributed by atoms with Gasteiger partial charge in [-0.2, -0.15) is 0 Å².